The third-order valence-electron chi connectivity index (χ3n) is 3.25. The van der Waals surface area contributed by atoms with Crippen LogP contribution in [0.15, 0.2) is 43.2 Å². The number of alkyl halides is 3. The smallest absolute Gasteiger partial charge is 0.319 e. The van der Waals surface area contributed by atoms with Gasteiger partial charge in [-0.1, -0.05) is 0 Å². The number of benzene rings is 1. The monoisotopic (exact) mass is 348 g/mol. The van der Waals surface area contributed by atoms with Crippen LogP contribution in [0, 0.1) is 6.92 Å². The van der Waals surface area contributed by atoms with E-state index in [1.165, 1.54) is 35.8 Å². The molecule has 0 aliphatic carbocycles. The van der Waals surface area contributed by atoms with Crippen LogP contribution >= 0.6 is 0 Å². The molecule has 0 aliphatic heterocycles. The van der Waals surface area contributed by atoms with E-state index >= 15 is 0 Å². The molecular weight excluding hydrogens is 337 g/mol. The lowest BCUT2D eigenvalue weighted by Crippen LogP contribution is -2.17. The first-order chi connectivity index (χ1) is 11.8. The summed E-state index contributed by atoms with van der Waals surface area (Å²) in [5.74, 6) is -0.687. The van der Waals surface area contributed by atoms with Gasteiger partial charge in [-0.25, -0.2) is 14.6 Å². The van der Waals surface area contributed by atoms with Gasteiger partial charge in [0.05, 0.1) is 28.8 Å². The number of rotatable bonds is 3. The van der Waals surface area contributed by atoms with E-state index in [0.717, 1.165) is 12.1 Å². The van der Waals surface area contributed by atoms with Crippen molar-refractivity contribution >= 4 is 11.6 Å². The fourth-order valence-electron chi connectivity index (χ4n) is 2.04. The number of aryl methyl sites for hydroxylation is 1. The summed E-state index contributed by atoms with van der Waals surface area (Å²) in [6.45, 7) is 1.70. The molecule has 1 amide bonds. The van der Waals surface area contributed by atoms with Gasteiger partial charge in [0.15, 0.2) is 0 Å². The Balaban J connectivity index is 2.00. The largest absolute Gasteiger partial charge is 0.416 e. The summed E-state index contributed by atoms with van der Waals surface area (Å²) in [7, 11) is 0. The molecule has 0 bridgehead atoms. The van der Waals surface area contributed by atoms with Crippen LogP contribution in [0.25, 0.3) is 5.69 Å². The third kappa shape index (κ3) is 3.62. The number of aromatic nitrogens is 5. The van der Waals surface area contributed by atoms with Gasteiger partial charge in [-0.15, -0.1) is 0 Å². The summed E-state index contributed by atoms with van der Waals surface area (Å²) in [6, 6.07) is 2.93. The van der Waals surface area contributed by atoms with Gasteiger partial charge in [0.2, 0.25) is 0 Å². The topological polar surface area (TPSA) is 85.6 Å². The van der Waals surface area contributed by atoms with Crippen molar-refractivity contribution in [3.05, 3.63) is 60.2 Å². The number of hydrogen-bond donors (Lipinski definition) is 1. The van der Waals surface area contributed by atoms with Gasteiger partial charge in [-0.3, -0.25) is 9.78 Å². The van der Waals surface area contributed by atoms with Crippen LogP contribution in [-0.4, -0.2) is 30.6 Å². The van der Waals surface area contributed by atoms with Crippen LogP contribution in [0.1, 0.15) is 21.7 Å². The molecule has 0 fully saturated rings. The molecule has 1 N–H and O–H groups in total. The Labute approximate surface area is 139 Å². The van der Waals surface area contributed by atoms with Crippen molar-refractivity contribution in [2.24, 2.45) is 0 Å². The van der Waals surface area contributed by atoms with Crippen LogP contribution in [0.2, 0.25) is 0 Å². The zero-order chi connectivity index (χ0) is 18.0. The first-order valence-electron chi connectivity index (χ1n) is 7.01. The molecule has 0 spiro atoms. The predicted octanol–water partition coefficient (Wildman–Crippen LogP) is 2.64. The lowest BCUT2D eigenvalue weighted by molar-refractivity contribution is -0.137. The lowest BCUT2D eigenvalue weighted by Gasteiger charge is -2.14. The van der Waals surface area contributed by atoms with Gasteiger partial charge >= 0.3 is 6.18 Å². The molecule has 0 unspecified atom stereocenters. The molecule has 128 valence electrons. The second-order valence-electron chi connectivity index (χ2n) is 5.07. The number of carbonyl (C=O) groups excluding carboxylic acids is 1. The highest BCUT2D eigenvalue weighted by molar-refractivity contribution is 6.03. The van der Waals surface area contributed by atoms with Gasteiger partial charge in [0.25, 0.3) is 5.91 Å². The number of carbonyl (C=O) groups is 1. The molecule has 1 aromatic carbocycles. The lowest BCUT2D eigenvalue weighted by atomic mass is 10.1. The molecular formula is C15H11F3N6O. The summed E-state index contributed by atoms with van der Waals surface area (Å²) in [4.78, 5) is 23.9. The molecule has 0 atom stereocenters. The number of nitrogens with one attached hydrogen (secondary N) is 1. The van der Waals surface area contributed by atoms with Crippen LogP contribution in [-0.2, 0) is 6.18 Å². The van der Waals surface area contributed by atoms with Gasteiger partial charge < -0.3 is 5.32 Å². The van der Waals surface area contributed by atoms with Gasteiger partial charge in [-0.2, -0.15) is 18.3 Å². The maximum Gasteiger partial charge on any atom is 0.416 e. The quantitative estimate of drug-likeness (QED) is 0.786. The average molecular weight is 348 g/mol. The van der Waals surface area contributed by atoms with E-state index in [9.17, 15) is 18.0 Å². The van der Waals surface area contributed by atoms with Gasteiger partial charge in [0.1, 0.15) is 18.3 Å². The first kappa shape index (κ1) is 16.6. The minimum Gasteiger partial charge on any atom is -0.319 e. The maximum absolute atomic E-state index is 13.0. The second-order valence-corrected chi connectivity index (χ2v) is 5.07. The molecule has 7 nitrogen and oxygen atoms in total. The molecule has 0 radical (unpaired) electrons. The molecule has 25 heavy (non-hydrogen) atoms. The SMILES string of the molecule is Cc1cnc(C(=O)Nc2cc(C(F)(F)F)ccc2-n2cncn2)cn1. The zero-order valence-electron chi connectivity index (χ0n) is 12.8. The number of amides is 1. The molecule has 2 aromatic heterocycles. The Morgan fingerprint density at radius 3 is 2.60 bits per heavy atom. The van der Waals surface area contributed by atoms with Crippen molar-refractivity contribution < 1.29 is 18.0 Å². The zero-order valence-corrected chi connectivity index (χ0v) is 12.8. The Morgan fingerprint density at radius 2 is 2.00 bits per heavy atom. The van der Waals surface area contributed by atoms with Crippen LogP contribution in [0.4, 0.5) is 18.9 Å². The highest BCUT2D eigenvalue weighted by Crippen LogP contribution is 2.33. The predicted molar refractivity (Wildman–Crippen MR) is 81.1 cm³/mol. The fraction of sp³-hybridized carbons (Fsp3) is 0.133. The number of hydrogen-bond acceptors (Lipinski definition) is 5. The Hall–Kier alpha value is -3.30. The summed E-state index contributed by atoms with van der Waals surface area (Å²) < 4.78 is 40.2. The van der Waals surface area contributed by atoms with E-state index in [2.05, 4.69) is 25.4 Å². The number of nitrogens with zero attached hydrogens (tertiary/aromatic N) is 5. The highest BCUT2D eigenvalue weighted by atomic mass is 19.4. The first-order valence-corrected chi connectivity index (χ1v) is 7.01. The minimum absolute atomic E-state index is 0.0208. The highest BCUT2D eigenvalue weighted by Gasteiger charge is 2.31. The molecule has 3 rings (SSSR count). The molecule has 3 aromatic rings. The second kappa shape index (κ2) is 6.30. The van der Waals surface area contributed by atoms with Crippen molar-refractivity contribution in [1.29, 1.82) is 0 Å². The summed E-state index contributed by atoms with van der Waals surface area (Å²) >= 11 is 0. The molecule has 0 saturated carbocycles. The van der Waals surface area contributed by atoms with Crippen molar-refractivity contribution in [3.63, 3.8) is 0 Å². The van der Waals surface area contributed by atoms with E-state index < -0.39 is 17.6 Å². The van der Waals surface area contributed by atoms with E-state index in [-0.39, 0.29) is 17.1 Å². The Kier molecular flexibility index (Phi) is 4.17. The summed E-state index contributed by atoms with van der Waals surface area (Å²) in [6.07, 6.45) is 0.621. The minimum atomic E-state index is -4.55. The average Bonchev–Trinajstić information content (AvgIpc) is 3.08. The summed E-state index contributed by atoms with van der Waals surface area (Å²) in [5, 5.41) is 6.29. The van der Waals surface area contributed by atoms with E-state index in [4.69, 9.17) is 0 Å². The normalized spacial score (nSPS) is 11.4. The molecule has 0 aliphatic rings. The standard InChI is InChI=1S/C15H11F3N6O/c1-9-5-21-12(6-20-9)14(25)23-11-4-10(15(16,17)18)2-3-13(11)24-8-19-7-22-24/h2-8H,1H3,(H,23,25). The van der Waals surface area contributed by atoms with Crippen molar-refractivity contribution in [2.75, 3.05) is 5.32 Å². The molecule has 10 heteroatoms. The van der Waals surface area contributed by atoms with Gasteiger partial charge in [0, 0.05) is 6.20 Å². The summed E-state index contributed by atoms with van der Waals surface area (Å²) in [5.41, 5.74) is -0.153. The van der Waals surface area contributed by atoms with Crippen LogP contribution in [0.5, 0.6) is 0 Å². The van der Waals surface area contributed by atoms with Crippen molar-refractivity contribution in [1.82, 2.24) is 24.7 Å². The van der Waals surface area contributed by atoms with Crippen LogP contribution in [0.3, 0.4) is 0 Å². The molecule has 0 saturated heterocycles. The van der Waals surface area contributed by atoms with E-state index in [1.807, 2.05) is 0 Å². The Morgan fingerprint density at radius 1 is 1.20 bits per heavy atom. The van der Waals surface area contributed by atoms with Crippen LogP contribution < -0.4 is 5.32 Å². The fourth-order valence-corrected chi connectivity index (χ4v) is 2.04. The maximum atomic E-state index is 13.0. The third-order valence-corrected chi connectivity index (χ3v) is 3.25. The van der Waals surface area contributed by atoms with Crippen molar-refractivity contribution in [2.45, 2.75) is 13.1 Å². The van der Waals surface area contributed by atoms with E-state index in [1.54, 1.807) is 6.92 Å². The van der Waals surface area contributed by atoms with Gasteiger partial charge in [-0.05, 0) is 25.1 Å². The Bertz CT molecular complexity index is 891. The van der Waals surface area contributed by atoms with Crippen molar-refractivity contribution in [3.8, 4) is 5.69 Å². The number of anilines is 1. The molecule has 2 heterocycles. The van der Waals surface area contributed by atoms with E-state index in [0.29, 0.717) is 5.69 Å². The number of halogens is 3.